The van der Waals surface area contributed by atoms with Crippen molar-refractivity contribution < 1.29 is 42.9 Å². The summed E-state index contributed by atoms with van der Waals surface area (Å²) in [4.78, 5) is 69.9. The van der Waals surface area contributed by atoms with E-state index in [4.69, 9.17) is 23.7 Å². The summed E-state index contributed by atoms with van der Waals surface area (Å²) in [6.45, 7) is 10.5. The zero-order valence-corrected chi connectivity index (χ0v) is 40.3. The highest BCUT2D eigenvalue weighted by Crippen LogP contribution is 2.32. The number of likely N-dealkylation sites (N-methyl/N-ethyl adjacent to an activating group) is 3. The maximum Gasteiger partial charge on any atom is 0.238 e. The van der Waals surface area contributed by atoms with Crippen molar-refractivity contribution in [1.82, 2.24) is 34.3 Å². The lowest BCUT2D eigenvalue weighted by atomic mass is 10.2. The number of amides is 4. The minimum absolute atomic E-state index is 0.0123. The van der Waals surface area contributed by atoms with Crippen LogP contribution in [0.25, 0.3) is 0 Å². The number of nitrogens with one attached hydrogen (secondary N) is 1. The number of benzene rings is 2. The molecule has 0 spiro atoms. The van der Waals surface area contributed by atoms with E-state index in [-0.39, 0.29) is 49.8 Å². The summed E-state index contributed by atoms with van der Waals surface area (Å²) < 4.78 is 29.6. The fourth-order valence-corrected chi connectivity index (χ4v) is 7.35. The van der Waals surface area contributed by atoms with Crippen molar-refractivity contribution in [3.8, 4) is 11.5 Å². The van der Waals surface area contributed by atoms with Crippen molar-refractivity contribution in [3.05, 3.63) is 42.5 Å². The smallest absolute Gasteiger partial charge is 0.238 e. The Kier molecular flexibility index (Phi) is 23.0. The highest BCUT2D eigenvalue weighted by Gasteiger charge is 2.23. The largest absolute Gasteiger partial charge is 0.495 e. The molecule has 364 valence electrons. The molecule has 4 rings (SSSR count). The molecule has 2 fully saturated rings. The van der Waals surface area contributed by atoms with E-state index in [9.17, 15) is 19.2 Å². The van der Waals surface area contributed by atoms with Crippen molar-refractivity contribution in [3.63, 3.8) is 0 Å². The molecule has 0 atom stereocenters. The van der Waals surface area contributed by atoms with E-state index in [1.165, 1.54) is 0 Å². The molecule has 0 radical (unpaired) electrons. The van der Waals surface area contributed by atoms with Gasteiger partial charge in [-0.25, -0.2) is 0 Å². The van der Waals surface area contributed by atoms with Gasteiger partial charge >= 0.3 is 0 Å². The van der Waals surface area contributed by atoms with Crippen LogP contribution in [0.3, 0.4) is 0 Å². The average Bonchev–Trinajstić information content (AvgIpc) is 3.29. The molecular formula is C46H76N10O9. The van der Waals surface area contributed by atoms with Crippen molar-refractivity contribution in [2.45, 2.75) is 0 Å². The van der Waals surface area contributed by atoms with Crippen LogP contribution in [-0.2, 0) is 33.4 Å². The van der Waals surface area contributed by atoms with Gasteiger partial charge in [-0.05, 0) is 24.3 Å². The summed E-state index contributed by atoms with van der Waals surface area (Å²) in [6.07, 6.45) is 0. The molecule has 4 amide bonds. The number of hydrogen-bond acceptors (Lipinski definition) is 15. The van der Waals surface area contributed by atoms with Gasteiger partial charge in [-0.1, -0.05) is 12.1 Å². The predicted molar refractivity (Wildman–Crippen MR) is 253 cm³/mol. The van der Waals surface area contributed by atoms with Gasteiger partial charge in [-0.15, -0.1) is 0 Å². The molecule has 19 heteroatoms. The number of anilines is 3. The third-order valence-corrected chi connectivity index (χ3v) is 11.5. The third-order valence-electron chi connectivity index (χ3n) is 11.5. The third kappa shape index (κ3) is 18.6. The Morgan fingerprint density at radius 1 is 0.492 bits per heavy atom. The first-order valence-electron chi connectivity index (χ1n) is 22.6. The first kappa shape index (κ1) is 52.9. The van der Waals surface area contributed by atoms with Crippen LogP contribution in [0.5, 0.6) is 11.5 Å². The number of methoxy groups -OCH3 is 2. The number of hydrogen-bond donors (Lipinski definition) is 1. The van der Waals surface area contributed by atoms with Crippen molar-refractivity contribution >= 4 is 40.7 Å². The van der Waals surface area contributed by atoms with E-state index in [0.717, 1.165) is 17.1 Å². The van der Waals surface area contributed by atoms with Gasteiger partial charge in [0.15, 0.2) is 0 Å². The summed E-state index contributed by atoms with van der Waals surface area (Å²) in [5.74, 6) is 1.13. The molecule has 0 unspecified atom stereocenters. The van der Waals surface area contributed by atoms with Crippen LogP contribution in [0.1, 0.15) is 0 Å². The summed E-state index contributed by atoms with van der Waals surface area (Å²) in [5.41, 5.74) is 2.43. The fraction of sp³-hybridized carbons (Fsp3) is 0.652. The second-order valence-electron chi connectivity index (χ2n) is 16.9. The molecule has 2 heterocycles. The number of nitrogens with zero attached hydrogens (tertiary/aromatic N) is 9. The molecule has 0 saturated carbocycles. The molecule has 65 heavy (non-hydrogen) atoms. The van der Waals surface area contributed by atoms with Gasteiger partial charge < -0.3 is 53.5 Å². The fourth-order valence-electron chi connectivity index (χ4n) is 7.35. The lowest BCUT2D eigenvalue weighted by Crippen LogP contribution is -2.51. The zero-order chi connectivity index (χ0) is 47.1. The van der Waals surface area contributed by atoms with E-state index in [2.05, 4.69) is 34.7 Å². The molecule has 2 aromatic rings. The molecule has 2 aliphatic heterocycles. The second-order valence-corrected chi connectivity index (χ2v) is 16.9. The summed E-state index contributed by atoms with van der Waals surface area (Å²) in [7, 11) is 13.7. The van der Waals surface area contributed by atoms with E-state index >= 15 is 0 Å². The monoisotopic (exact) mass is 913 g/mol. The Hall–Kier alpha value is -4.76. The minimum atomic E-state index is -0.201. The normalized spacial score (nSPS) is 18.0. The van der Waals surface area contributed by atoms with Crippen LogP contribution >= 0.6 is 0 Å². The molecule has 1 N–H and O–H groups in total. The van der Waals surface area contributed by atoms with Gasteiger partial charge in [0.05, 0.1) is 91.4 Å². The molecule has 0 bridgehead atoms. The van der Waals surface area contributed by atoms with E-state index in [1.54, 1.807) is 71.2 Å². The van der Waals surface area contributed by atoms with Gasteiger partial charge in [-0.3, -0.25) is 38.8 Å². The van der Waals surface area contributed by atoms with Crippen LogP contribution in [0.2, 0.25) is 0 Å². The predicted octanol–water partition coefficient (Wildman–Crippen LogP) is 0.505. The maximum atomic E-state index is 13.8. The van der Waals surface area contributed by atoms with Crippen LogP contribution < -0.4 is 24.6 Å². The lowest BCUT2D eigenvalue weighted by Gasteiger charge is -2.34. The van der Waals surface area contributed by atoms with Crippen molar-refractivity contribution in [2.24, 2.45) is 0 Å². The minimum Gasteiger partial charge on any atom is -0.495 e. The Morgan fingerprint density at radius 2 is 0.862 bits per heavy atom. The van der Waals surface area contributed by atoms with Crippen LogP contribution in [0.15, 0.2) is 42.5 Å². The SMILES string of the molecule is COc1ccccc1N1CCOCCOCCN(c2ccc(NC(=O)CN3CCN(CC(=O)N(C)C)CCN(CC(=O)N(C)C)CCN(CC(=O)N(C)C)CC3)cc2OC)CCOCC1. The topological polar surface area (TPSA) is 156 Å². The highest BCUT2D eigenvalue weighted by molar-refractivity contribution is 5.93. The molecule has 0 aromatic heterocycles. The van der Waals surface area contributed by atoms with Gasteiger partial charge in [0, 0.05) is 133 Å². The molecule has 0 aliphatic carbocycles. The number of rotatable bonds is 13. The maximum absolute atomic E-state index is 13.8. The van der Waals surface area contributed by atoms with Gasteiger partial charge in [-0.2, -0.15) is 0 Å². The first-order valence-corrected chi connectivity index (χ1v) is 22.6. The Labute approximate surface area is 386 Å². The van der Waals surface area contributed by atoms with Crippen LogP contribution in [0, 0.1) is 0 Å². The standard InChI is InChI=1S/C46H76N10O9/c1-48(2)44(58)35-52-17-15-51(16-18-53(36-45(59)49(3)4)20-22-54(21-19-52)37-46(60)50(5)6)34-43(57)47-38-13-14-40(42(33-38)62-8)56-24-28-63-27-23-55(25-29-64-31-32-65-30-26-56)39-11-9-10-12-41(39)61-7/h9-14,33H,15-32,34-37H2,1-8H3,(H,47,57). The van der Waals surface area contributed by atoms with Crippen molar-refractivity contribution in [1.29, 1.82) is 0 Å². The summed E-state index contributed by atoms with van der Waals surface area (Å²) >= 11 is 0. The van der Waals surface area contributed by atoms with Gasteiger partial charge in [0.2, 0.25) is 23.6 Å². The number of carbonyl (C=O) groups is 4. The van der Waals surface area contributed by atoms with Gasteiger partial charge in [0.1, 0.15) is 11.5 Å². The molecule has 2 aliphatic rings. The first-order chi connectivity index (χ1) is 31.3. The summed E-state index contributed by atoms with van der Waals surface area (Å²) in [6, 6.07) is 13.6. The Morgan fingerprint density at radius 3 is 1.26 bits per heavy atom. The highest BCUT2D eigenvalue weighted by atomic mass is 16.5. The summed E-state index contributed by atoms with van der Waals surface area (Å²) in [5, 5.41) is 3.08. The average molecular weight is 913 g/mol. The van der Waals surface area contributed by atoms with Crippen molar-refractivity contribution in [2.75, 3.05) is 216 Å². The van der Waals surface area contributed by atoms with Gasteiger partial charge in [0.25, 0.3) is 0 Å². The quantitative estimate of drug-likeness (QED) is 0.297. The second kappa shape index (κ2) is 28.3. The zero-order valence-electron chi connectivity index (χ0n) is 40.3. The molecule has 2 saturated heterocycles. The van der Waals surface area contributed by atoms with E-state index < -0.39 is 0 Å². The number of carbonyl (C=O) groups excluding carboxylic acids is 4. The van der Waals surface area contributed by atoms with E-state index in [1.807, 2.05) is 42.5 Å². The number of ether oxygens (including phenoxy) is 5. The lowest BCUT2D eigenvalue weighted by molar-refractivity contribution is -0.132. The molecular weight excluding hydrogens is 837 g/mol. The van der Waals surface area contributed by atoms with E-state index in [0.29, 0.717) is 130 Å². The van der Waals surface area contributed by atoms with Crippen LogP contribution in [-0.4, -0.2) is 259 Å². The Bertz CT molecular complexity index is 1730. The molecule has 19 nitrogen and oxygen atoms in total. The molecule has 2 aromatic carbocycles. The van der Waals surface area contributed by atoms with Crippen LogP contribution in [0.4, 0.5) is 17.1 Å². The number of para-hydroxylation sites is 2. The Balaban J connectivity index is 1.45.